The van der Waals surface area contributed by atoms with Crippen molar-refractivity contribution < 1.29 is 4.39 Å². The van der Waals surface area contributed by atoms with Gasteiger partial charge in [0.2, 0.25) is 0 Å². The Morgan fingerprint density at radius 3 is 2.95 bits per heavy atom. The summed E-state index contributed by atoms with van der Waals surface area (Å²) >= 11 is 9.48. The average molecular weight is 328 g/mol. The van der Waals surface area contributed by atoms with Crippen molar-refractivity contribution in [3.8, 4) is 0 Å². The van der Waals surface area contributed by atoms with Gasteiger partial charge in [0.05, 0.1) is 5.02 Å². The standard InChI is InChI=1S/C15H15ClFNS2/c16-11-2-1-9(5-12(11)17)6-13(18)15-7-10-8-19-4-3-14(10)20-15/h1-2,5,7,13H,3-4,6,8,18H2. The molecular formula is C15H15ClFNS2. The number of hydrogen-bond acceptors (Lipinski definition) is 3. The third-order valence-corrected chi connectivity index (χ3v) is 6.14. The third kappa shape index (κ3) is 3.03. The maximum atomic E-state index is 13.4. The van der Waals surface area contributed by atoms with Crippen LogP contribution in [0, 0.1) is 5.82 Å². The summed E-state index contributed by atoms with van der Waals surface area (Å²) in [5, 5.41) is 0.158. The van der Waals surface area contributed by atoms with Gasteiger partial charge in [0.15, 0.2) is 0 Å². The minimum absolute atomic E-state index is 0.0730. The van der Waals surface area contributed by atoms with Crippen LogP contribution >= 0.6 is 34.7 Å². The Labute approximate surface area is 131 Å². The zero-order valence-corrected chi connectivity index (χ0v) is 13.3. The van der Waals surface area contributed by atoms with Gasteiger partial charge in [-0.15, -0.1) is 11.3 Å². The molecule has 0 fully saturated rings. The molecule has 1 aromatic heterocycles. The van der Waals surface area contributed by atoms with E-state index in [1.165, 1.54) is 27.1 Å². The lowest BCUT2D eigenvalue weighted by molar-refractivity contribution is 0.623. The molecule has 1 aromatic carbocycles. The van der Waals surface area contributed by atoms with Crippen LogP contribution in [0.25, 0.3) is 0 Å². The first-order chi connectivity index (χ1) is 9.63. The van der Waals surface area contributed by atoms with Gasteiger partial charge in [-0.1, -0.05) is 17.7 Å². The molecule has 1 aliphatic rings. The Morgan fingerprint density at radius 2 is 2.20 bits per heavy atom. The molecular weight excluding hydrogens is 313 g/mol. The van der Waals surface area contributed by atoms with Crippen LogP contribution in [0.3, 0.4) is 0 Å². The van der Waals surface area contributed by atoms with Crippen LogP contribution in [0.2, 0.25) is 5.02 Å². The molecule has 3 rings (SSSR count). The number of fused-ring (bicyclic) bond motifs is 1. The normalized spacial score (nSPS) is 15.9. The van der Waals surface area contributed by atoms with Crippen LogP contribution in [0.4, 0.5) is 4.39 Å². The number of nitrogens with two attached hydrogens (primary N) is 1. The van der Waals surface area contributed by atoms with E-state index in [-0.39, 0.29) is 16.9 Å². The molecule has 106 valence electrons. The molecule has 0 spiro atoms. The number of benzene rings is 1. The molecule has 1 aliphatic heterocycles. The smallest absolute Gasteiger partial charge is 0.142 e. The van der Waals surface area contributed by atoms with Crippen LogP contribution in [-0.2, 0) is 18.6 Å². The van der Waals surface area contributed by atoms with Crippen molar-refractivity contribution in [2.75, 3.05) is 5.75 Å². The second kappa shape index (κ2) is 6.06. The van der Waals surface area contributed by atoms with E-state index in [4.69, 9.17) is 17.3 Å². The van der Waals surface area contributed by atoms with E-state index in [0.717, 1.165) is 17.7 Å². The first-order valence-corrected chi connectivity index (χ1v) is 8.87. The molecule has 1 unspecified atom stereocenters. The van der Waals surface area contributed by atoms with Gasteiger partial charge in [0.25, 0.3) is 0 Å². The Morgan fingerprint density at radius 1 is 1.35 bits per heavy atom. The van der Waals surface area contributed by atoms with E-state index in [0.29, 0.717) is 6.42 Å². The summed E-state index contributed by atoms with van der Waals surface area (Å²) in [6.07, 6.45) is 1.79. The van der Waals surface area contributed by atoms with Gasteiger partial charge in [-0.05, 0) is 47.9 Å². The van der Waals surface area contributed by atoms with E-state index in [9.17, 15) is 4.39 Å². The van der Waals surface area contributed by atoms with Gasteiger partial charge in [-0.25, -0.2) is 4.39 Å². The molecule has 0 radical (unpaired) electrons. The van der Waals surface area contributed by atoms with Crippen LogP contribution in [0.5, 0.6) is 0 Å². The molecule has 1 nitrogen and oxygen atoms in total. The number of halogens is 2. The first kappa shape index (κ1) is 14.4. The monoisotopic (exact) mass is 327 g/mol. The summed E-state index contributed by atoms with van der Waals surface area (Å²) in [6, 6.07) is 7.06. The maximum Gasteiger partial charge on any atom is 0.142 e. The second-order valence-electron chi connectivity index (χ2n) is 4.96. The van der Waals surface area contributed by atoms with Gasteiger partial charge in [-0.3, -0.25) is 0 Å². The quantitative estimate of drug-likeness (QED) is 0.893. The zero-order valence-electron chi connectivity index (χ0n) is 10.9. The summed E-state index contributed by atoms with van der Waals surface area (Å²) in [5.41, 5.74) is 8.59. The van der Waals surface area contributed by atoms with E-state index >= 15 is 0 Å². The van der Waals surface area contributed by atoms with E-state index in [2.05, 4.69) is 6.07 Å². The highest BCUT2D eigenvalue weighted by Gasteiger charge is 2.17. The van der Waals surface area contributed by atoms with Gasteiger partial charge in [0, 0.05) is 21.5 Å². The summed E-state index contributed by atoms with van der Waals surface area (Å²) in [6.45, 7) is 0. The van der Waals surface area contributed by atoms with Crippen molar-refractivity contribution in [2.24, 2.45) is 5.73 Å². The molecule has 0 saturated heterocycles. The fourth-order valence-corrected chi connectivity index (χ4v) is 4.87. The molecule has 20 heavy (non-hydrogen) atoms. The highest BCUT2D eigenvalue weighted by molar-refractivity contribution is 7.98. The summed E-state index contributed by atoms with van der Waals surface area (Å²) in [5.74, 6) is 1.91. The zero-order chi connectivity index (χ0) is 14.1. The number of thioether (sulfide) groups is 1. The fraction of sp³-hybridized carbons (Fsp3) is 0.333. The van der Waals surface area contributed by atoms with Gasteiger partial charge < -0.3 is 5.73 Å². The second-order valence-corrected chi connectivity index (χ2v) is 7.64. The molecule has 1 atom stereocenters. The minimum atomic E-state index is -0.377. The van der Waals surface area contributed by atoms with E-state index in [1.807, 2.05) is 29.2 Å². The molecule has 0 bridgehead atoms. The van der Waals surface area contributed by atoms with Crippen molar-refractivity contribution in [1.29, 1.82) is 0 Å². The molecule has 0 amide bonds. The molecule has 2 N–H and O–H groups in total. The van der Waals surface area contributed by atoms with Crippen LogP contribution in [-0.4, -0.2) is 5.75 Å². The lowest BCUT2D eigenvalue weighted by atomic mass is 10.0. The summed E-state index contributed by atoms with van der Waals surface area (Å²) in [4.78, 5) is 2.67. The Balaban J connectivity index is 1.76. The molecule has 0 saturated carbocycles. The number of rotatable bonds is 3. The lowest BCUT2D eigenvalue weighted by Crippen LogP contribution is -2.11. The highest BCUT2D eigenvalue weighted by atomic mass is 35.5. The highest BCUT2D eigenvalue weighted by Crippen LogP contribution is 2.34. The van der Waals surface area contributed by atoms with Crippen molar-refractivity contribution in [2.45, 2.75) is 24.6 Å². The Kier molecular flexibility index (Phi) is 4.36. The largest absolute Gasteiger partial charge is 0.323 e. The topological polar surface area (TPSA) is 26.0 Å². The number of hydrogen-bond donors (Lipinski definition) is 1. The van der Waals surface area contributed by atoms with Crippen LogP contribution in [0.1, 0.15) is 26.9 Å². The molecule has 0 aliphatic carbocycles. The maximum absolute atomic E-state index is 13.4. The van der Waals surface area contributed by atoms with Crippen molar-refractivity contribution >= 4 is 34.7 Å². The SMILES string of the molecule is NC(Cc1ccc(Cl)c(F)c1)c1cc2c(s1)CCSC2. The summed E-state index contributed by atoms with van der Waals surface area (Å²) in [7, 11) is 0. The predicted molar refractivity (Wildman–Crippen MR) is 86.2 cm³/mol. The van der Waals surface area contributed by atoms with Crippen LogP contribution in [0.15, 0.2) is 24.3 Å². The third-order valence-electron chi connectivity index (χ3n) is 3.45. The number of thiophene rings is 1. The fourth-order valence-electron chi connectivity index (χ4n) is 2.37. The van der Waals surface area contributed by atoms with Crippen molar-refractivity contribution in [3.05, 3.63) is 56.0 Å². The van der Waals surface area contributed by atoms with Gasteiger partial charge >= 0.3 is 0 Å². The van der Waals surface area contributed by atoms with Crippen molar-refractivity contribution in [1.82, 2.24) is 0 Å². The molecule has 2 aromatic rings. The molecule has 2 heterocycles. The van der Waals surface area contributed by atoms with E-state index < -0.39 is 0 Å². The van der Waals surface area contributed by atoms with Gasteiger partial charge in [0.1, 0.15) is 5.82 Å². The first-order valence-electron chi connectivity index (χ1n) is 6.52. The van der Waals surface area contributed by atoms with E-state index in [1.54, 1.807) is 6.07 Å². The van der Waals surface area contributed by atoms with Gasteiger partial charge in [-0.2, -0.15) is 11.8 Å². The van der Waals surface area contributed by atoms with Crippen LogP contribution < -0.4 is 5.73 Å². The predicted octanol–water partition coefficient (Wildman–Crippen LogP) is 4.57. The van der Waals surface area contributed by atoms with Crippen molar-refractivity contribution in [3.63, 3.8) is 0 Å². The molecule has 5 heteroatoms. The minimum Gasteiger partial charge on any atom is -0.323 e. The Hall–Kier alpha value is -0.550. The lowest BCUT2D eigenvalue weighted by Gasteiger charge is -2.10. The number of aryl methyl sites for hydroxylation is 1. The average Bonchev–Trinajstić information content (AvgIpc) is 2.87. The summed E-state index contributed by atoms with van der Waals surface area (Å²) < 4.78 is 13.4. The Bertz CT molecular complexity index is 603.